The number of carbonyl (C=O) groups is 1. The molecule has 0 aromatic heterocycles. The molecule has 0 radical (unpaired) electrons. The number of thioether (sulfide) groups is 1. The molecular weight excluding hydrogens is 387 g/mol. The SMILES string of the molecule is C[C@@H]1C[C@H](OC(=O)Nc2cccc(C(F)(F)F)c2)[C@@H]2C=C(Cl)C=C[C@H]2S1. The lowest BCUT2D eigenvalue weighted by atomic mass is 9.90. The summed E-state index contributed by atoms with van der Waals surface area (Å²) in [5.74, 6) is -0.0547. The van der Waals surface area contributed by atoms with E-state index in [2.05, 4.69) is 12.2 Å². The Balaban J connectivity index is 1.68. The number of alkyl halides is 3. The first kappa shape index (κ1) is 19.2. The topological polar surface area (TPSA) is 38.3 Å². The molecule has 1 N–H and O–H groups in total. The van der Waals surface area contributed by atoms with Crippen LogP contribution in [0.2, 0.25) is 0 Å². The fourth-order valence-corrected chi connectivity index (χ4v) is 4.76. The van der Waals surface area contributed by atoms with Crippen LogP contribution in [0.5, 0.6) is 0 Å². The van der Waals surface area contributed by atoms with Crippen molar-refractivity contribution < 1.29 is 22.7 Å². The largest absolute Gasteiger partial charge is 0.445 e. The van der Waals surface area contributed by atoms with E-state index in [-0.39, 0.29) is 28.2 Å². The van der Waals surface area contributed by atoms with Crippen LogP contribution >= 0.6 is 23.4 Å². The van der Waals surface area contributed by atoms with Gasteiger partial charge < -0.3 is 4.74 Å². The molecule has 0 bridgehead atoms. The number of hydrogen-bond donors (Lipinski definition) is 1. The zero-order valence-electron chi connectivity index (χ0n) is 13.8. The first-order valence-corrected chi connectivity index (χ1v) is 9.40. The molecular formula is C18H17ClF3NO2S. The van der Waals surface area contributed by atoms with Crippen molar-refractivity contribution in [1.82, 2.24) is 0 Å². The summed E-state index contributed by atoms with van der Waals surface area (Å²) in [6, 6.07) is 4.45. The molecule has 4 atom stereocenters. The fraction of sp³-hybridized carbons (Fsp3) is 0.389. The normalized spacial score (nSPS) is 28.1. The monoisotopic (exact) mass is 403 g/mol. The van der Waals surface area contributed by atoms with Crippen LogP contribution in [-0.4, -0.2) is 22.7 Å². The van der Waals surface area contributed by atoms with Crippen LogP contribution in [-0.2, 0) is 10.9 Å². The van der Waals surface area contributed by atoms with Gasteiger partial charge in [0.2, 0.25) is 0 Å². The highest BCUT2D eigenvalue weighted by Crippen LogP contribution is 2.42. The summed E-state index contributed by atoms with van der Waals surface area (Å²) in [5.41, 5.74) is -0.790. The third kappa shape index (κ3) is 4.57. The van der Waals surface area contributed by atoms with Gasteiger partial charge in [0.25, 0.3) is 0 Å². The van der Waals surface area contributed by atoms with E-state index in [0.29, 0.717) is 11.5 Å². The van der Waals surface area contributed by atoms with Crippen molar-refractivity contribution in [2.75, 3.05) is 5.32 Å². The Morgan fingerprint density at radius 1 is 1.38 bits per heavy atom. The minimum atomic E-state index is -4.47. The van der Waals surface area contributed by atoms with Crippen LogP contribution in [0.3, 0.4) is 0 Å². The lowest BCUT2D eigenvalue weighted by molar-refractivity contribution is -0.137. The van der Waals surface area contributed by atoms with Crippen molar-refractivity contribution in [1.29, 1.82) is 0 Å². The highest BCUT2D eigenvalue weighted by atomic mass is 35.5. The molecule has 26 heavy (non-hydrogen) atoms. The summed E-state index contributed by atoms with van der Waals surface area (Å²) in [6.45, 7) is 2.05. The van der Waals surface area contributed by atoms with E-state index in [0.717, 1.165) is 12.1 Å². The minimum absolute atomic E-state index is 0.0386. The van der Waals surface area contributed by atoms with Gasteiger partial charge in [0.1, 0.15) is 6.10 Å². The molecule has 140 valence electrons. The molecule has 3 nitrogen and oxygen atoms in total. The van der Waals surface area contributed by atoms with Gasteiger partial charge in [-0.05, 0) is 30.7 Å². The van der Waals surface area contributed by atoms with Gasteiger partial charge in [-0.15, -0.1) is 0 Å². The Kier molecular flexibility index (Phi) is 5.58. The predicted molar refractivity (Wildman–Crippen MR) is 97.4 cm³/mol. The van der Waals surface area contributed by atoms with Gasteiger partial charge in [-0.2, -0.15) is 24.9 Å². The maximum absolute atomic E-state index is 12.8. The van der Waals surface area contributed by atoms with Gasteiger partial charge in [0.15, 0.2) is 0 Å². The van der Waals surface area contributed by atoms with Crippen LogP contribution in [0.15, 0.2) is 47.5 Å². The predicted octanol–water partition coefficient (Wildman–Crippen LogP) is 5.83. The molecule has 0 spiro atoms. The molecule has 1 aliphatic carbocycles. The number of benzene rings is 1. The number of nitrogens with one attached hydrogen (secondary N) is 1. The molecule has 1 fully saturated rings. The van der Waals surface area contributed by atoms with Crippen molar-refractivity contribution in [2.24, 2.45) is 5.92 Å². The molecule has 0 saturated carbocycles. The van der Waals surface area contributed by atoms with Crippen molar-refractivity contribution in [3.8, 4) is 0 Å². The van der Waals surface area contributed by atoms with Gasteiger partial charge in [0.05, 0.1) is 5.56 Å². The Hall–Kier alpha value is -1.60. The summed E-state index contributed by atoms with van der Waals surface area (Å²) in [4.78, 5) is 12.2. The quantitative estimate of drug-likeness (QED) is 0.675. The number of amides is 1. The van der Waals surface area contributed by atoms with E-state index in [1.54, 1.807) is 11.8 Å². The van der Waals surface area contributed by atoms with Crippen molar-refractivity contribution in [3.05, 3.63) is 53.1 Å². The van der Waals surface area contributed by atoms with Crippen molar-refractivity contribution in [3.63, 3.8) is 0 Å². The van der Waals surface area contributed by atoms with Crippen molar-refractivity contribution >= 4 is 35.1 Å². The van der Waals surface area contributed by atoms with E-state index >= 15 is 0 Å². The number of rotatable bonds is 2. The second-order valence-corrected chi connectivity index (χ2v) is 8.34. The summed E-state index contributed by atoms with van der Waals surface area (Å²) in [7, 11) is 0. The van der Waals surface area contributed by atoms with E-state index < -0.39 is 17.8 Å². The average Bonchev–Trinajstić information content (AvgIpc) is 2.55. The number of anilines is 1. The summed E-state index contributed by atoms with van der Waals surface area (Å²) < 4.78 is 43.8. The first-order valence-electron chi connectivity index (χ1n) is 8.08. The van der Waals surface area contributed by atoms with E-state index in [9.17, 15) is 18.0 Å². The van der Waals surface area contributed by atoms with E-state index in [4.69, 9.17) is 16.3 Å². The number of allylic oxidation sites excluding steroid dienone is 2. The molecule has 1 saturated heterocycles. The van der Waals surface area contributed by atoms with Crippen LogP contribution in [0.1, 0.15) is 18.9 Å². The Bertz CT molecular complexity index is 750. The highest BCUT2D eigenvalue weighted by Gasteiger charge is 2.38. The lowest BCUT2D eigenvalue weighted by Crippen LogP contribution is -2.40. The first-order chi connectivity index (χ1) is 12.2. The molecule has 0 unspecified atom stereocenters. The number of carbonyl (C=O) groups excluding carboxylic acids is 1. The average molecular weight is 404 g/mol. The van der Waals surface area contributed by atoms with Gasteiger partial charge in [-0.25, -0.2) is 4.79 Å². The Morgan fingerprint density at radius 2 is 2.15 bits per heavy atom. The summed E-state index contributed by atoms with van der Waals surface area (Å²) >= 11 is 7.85. The van der Waals surface area contributed by atoms with Gasteiger partial charge in [0, 0.05) is 27.1 Å². The fourth-order valence-electron chi connectivity index (χ4n) is 3.10. The summed E-state index contributed by atoms with van der Waals surface area (Å²) in [5, 5.41) is 3.42. The van der Waals surface area contributed by atoms with E-state index in [1.807, 2.05) is 18.2 Å². The smallest absolute Gasteiger partial charge is 0.416 e. The second-order valence-electron chi connectivity index (χ2n) is 6.28. The second kappa shape index (κ2) is 7.56. The summed E-state index contributed by atoms with van der Waals surface area (Å²) in [6.07, 6.45) is 0.707. The zero-order chi connectivity index (χ0) is 18.9. The maximum Gasteiger partial charge on any atom is 0.416 e. The van der Waals surface area contributed by atoms with E-state index in [1.165, 1.54) is 12.1 Å². The molecule has 1 amide bonds. The molecule has 1 heterocycles. The van der Waals surface area contributed by atoms with Crippen molar-refractivity contribution in [2.45, 2.75) is 36.1 Å². The Morgan fingerprint density at radius 3 is 2.88 bits per heavy atom. The molecule has 1 aliphatic heterocycles. The molecule has 2 aliphatic rings. The molecule has 8 heteroatoms. The minimum Gasteiger partial charge on any atom is -0.445 e. The number of ether oxygens (including phenoxy) is 1. The van der Waals surface area contributed by atoms with Gasteiger partial charge >= 0.3 is 12.3 Å². The Labute approximate surface area is 158 Å². The zero-order valence-corrected chi connectivity index (χ0v) is 15.4. The third-order valence-electron chi connectivity index (χ3n) is 4.25. The standard InChI is InChI=1S/C18H17ClF3NO2S/c1-10-7-15(14-9-12(19)5-6-16(14)26-10)25-17(24)23-13-4-2-3-11(8-13)18(20,21)22/h2-6,8-10,14-16H,7H2,1H3,(H,23,24)/t10-,14+,15+,16-/m1/s1. The molecule has 3 rings (SSSR count). The molecule has 1 aromatic carbocycles. The van der Waals surface area contributed by atoms with Gasteiger partial charge in [-0.1, -0.05) is 36.7 Å². The number of fused-ring (bicyclic) bond motifs is 1. The van der Waals surface area contributed by atoms with Crippen LogP contribution in [0.25, 0.3) is 0 Å². The maximum atomic E-state index is 12.8. The van der Waals surface area contributed by atoms with Crippen LogP contribution in [0, 0.1) is 5.92 Å². The van der Waals surface area contributed by atoms with Crippen LogP contribution < -0.4 is 5.32 Å². The third-order valence-corrected chi connectivity index (χ3v) is 5.95. The molecule has 1 aromatic rings. The lowest BCUT2D eigenvalue weighted by Gasteiger charge is -2.38. The van der Waals surface area contributed by atoms with Crippen LogP contribution in [0.4, 0.5) is 23.7 Å². The number of halogens is 4. The highest BCUT2D eigenvalue weighted by molar-refractivity contribution is 8.00. The van der Waals surface area contributed by atoms with Gasteiger partial charge in [-0.3, -0.25) is 5.32 Å². The number of hydrogen-bond acceptors (Lipinski definition) is 3.